The summed E-state index contributed by atoms with van der Waals surface area (Å²) >= 11 is 0. The standard InChI is InChI=1S/C18H27F2N3O2/c1-17(2,3)10-25-16(24)21-15-13(11-6-5-7-11)14(22-23(15)4)12-8-18(19,20)9-12/h11-12H,5-10H2,1-4H3,(H,21,24). The highest BCUT2D eigenvalue weighted by atomic mass is 19.3. The van der Waals surface area contributed by atoms with Crippen molar-refractivity contribution < 1.29 is 18.3 Å². The van der Waals surface area contributed by atoms with Gasteiger partial charge in [-0.05, 0) is 24.2 Å². The van der Waals surface area contributed by atoms with Crippen molar-refractivity contribution in [2.75, 3.05) is 11.9 Å². The van der Waals surface area contributed by atoms with Gasteiger partial charge < -0.3 is 4.74 Å². The number of halogens is 2. The van der Waals surface area contributed by atoms with Crippen molar-refractivity contribution in [3.8, 4) is 0 Å². The molecule has 0 aliphatic heterocycles. The van der Waals surface area contributed by atoms with Crippen molar-refractivity contribution >= 4 is 11.9 Å². The SMILES string of the molecule is Cn1nc(C2CC(F)(F)C2)c(C2CCC2)c1NC(=O)OCC(C)(C)C. The van der Waals surface area contributed by atoms with E-state index in [2.05, 4.69) is 10.4 Å². The summed E-state index contributed by atoms with van der Waals surface area (Å²) in [6.45, 7) is 6.26. The summed E-state index contributed by atoms with van der Waals surface area (Å²) in [7, 11) is 1.74. The molecule has 1 aromatic rings. The van der Waals surface area contributed by atoms with Crippen LogP contribution in [0.25, 0.3) is 0 Å². The molecule has 2 aliphatic carbocycles. The number of rotatable bonds is 4. The lowest BCUT2D eigenvalue weighted by Crippen LogP contribution is -2.34. The first-order valence-electron chi connectivity index (χ1n) is 8.94. The number of amides is 1. The number of nitrogens with one attached hydrogen (secondary N) is 1. The number of nitrogens with zero attached hydrogens (tertiary/aromatic N) is 2. The molecule has 0 saturated heterocycles. The van der Waals surface area contributed by atoms with E-state index in [0.29, 0.717) is 12.4 Å². The first kappa shape index (κ1) is 18.1. The number of ether oxygens (including phenoxy) is 1. The van der Waals surface area contributed by atoms with E-state index in [4.69, 9.17) is 4.74 Å². The lowest BCUT2D eigenvalue weighted by atomic mass is 9.73. The fraction of sp³-hybridized carbons (Fsp3) is 0.778. The Labute approximate surface area is 147 Å². The molecule has 140 valence electrons. The Kier molecular flexibility index (Phi) is 4.54. The number of aromatic nitrogens is 2. The van der Waals surface area contributed by atoms with E-state index in [-0.39, 0.29) is 30.1 Å². The summed E-state index contributed by atoms with van der Waals surface area (Å²) in [5, 5.41) is 7.27. The Morgan fingerprint density at radius 1 is 1.32 bits per heavy atom. The number of carbonyl (C=O) groups excluding carboxylic acids is 1. The van der Waals surface area contributed by atoms with Crippen LogP contribution >= 0.6 is 0 Å². The Morgan fingerprint density at radius 2 is 1.96 bits per heavy atom. The number of carbonyl (C=O) groups is 1. The van der Waals surface area contributed by atoms with Gasteiger partial charge in [-0.2, -0.15) is 5.10 Å². The van der Waals surface area contributed by atoms with Crippen LogP contribution in [0.5, 0.6) is 0 Å². The second kappa shape index (κ2) is 6.25. The van der Waals surface area contributed by atoms with Crippen molar-refractivity contribution in [2.24, 2.45) is 12.5 Å². The summed E-state index contributed by atoms with van der Waals surface area (Å²) in [6.07, 6.45) is 2.30. The van der Waals surface area contributed by atoms with Gasteiger partial charge in [0.15, 0.2) is 0 Å². The average molecular weight is 355 g/mol. The maximum absolute atomic E-state index is 13.3. The van der Waals surface area contributed by atoms with Gasteiger partial charge in [0.1, 0.15) is 5.82 Å². The number of anilines is 1. The third-order valence-corrected chi connectivity index (χ3v) is 4.96. The van der Waals surface area contributed by atoms with Gasteiger partial charge >= 0.3 is 6.09 Å². The highest BCUT2D eigenvalue weighted by molar-refractivity contribution is 5.85. The number of hydrogen-bond acceptors (Lipinski definition) is 3. The van der Waals surface area contributed by atoms with Gasteiger partial charge in [0.05, 0.1) is 12.3 Å². The molecule has 2 aliphatic rings. The Hall–Kier alpha value is -1.66. The topological polar surface area (TPSA) is 56.2 Å². The van der Waals surface area contributed by atoms with Crippen molar-refractivity contribution in [3.05, 3.63) is 11.3 Å². The molecule has 1 aromatic heterocycles. The van der Waals surface area contributed by atoms with Crippen LogP contribution in [0, 0.1) is 5.41 Å². The molecular weight excluding hydrogens is 328 g/mol. The fourth-order valence-electron chi connectivity index (χ4n) is 3.38. The Bertz CT molecular complexity index is 652. The molecule has 0 aromatic carbocycles. The molecule has 0 spiro atoms. The minimum absolute atomic E-state index is 0.122. The van der Waals surface area contributed by atoms with Gasteiger partial charge in [0.25, 0.3) is 0 Å². The average Bonchev–Trinajstić information content (AvgIpc) is 2.69. The van der Waals surface area contributed by atoms with Gasteiger partial charge in [0.2, 0.25) is 5.92 Å². The molecule has 3 rings (SSSR count). The fourth-order valence-corrected chi connectivity index (χ4v) is 3.38. The minimum atomic E-state index is -2.59. The predicted octanol–water partition coefficient (Wildman–Crippen LogP) is 4.79. The lowest BCUT2D eigenvalue weighted by Gasteiger charge is -2.36. The molecule has 0 unspecified atom stereocenters. The molecular formula is C18H27F2N3O2. The quantitative estimate of drug-likeness (QED) is 0.844. The van der Waals surface area contributed by atoms with Crippen LogP contribution in [-0.2, 0) is 11.8 Å². The van der Waals surface area contributed by atoms with Gasteiger partial charge in [-0.1, -0.05) is 27.2 Å². The molecule has 7 heteroatoms. The van der Waals surface area contributed by atoms with Gasteiger partial charge in [-0.25, -0.2) is 13.6 Å². The Balaban J connectivity index is 1.78. The third-order valence-electron chi connectivity index (χ3n) is 4.96. The van der Waals surface area contributed by atoms with Crippen LogP contribution in [0.3, 0.4) is 0 Å². The summed E-state index contributed by atoms with van der Waals surface area (Å²) in [5.74, 6) is -1.93. The molecule has 25 heavy (non-hydrogen) atoms. The molecule has 1 N–H and O–H groups in total. The van der Waals surface area contributed by atoms with Crippen LogP contribution in [0.1, 0.15) is 76.0 Å². The summed E-state index contributed by atoms with van der Waals surface area (Å²) < 4.78 is 33.5. The predicted molar refractivity (Wildman–Crippen MR) is 91.1 cm³/mol. The molecule has 0 bridgehead atoms. The second-order valence-electron chi connectivity index (χ2n) is 8.62. The van der Waals surface area contributed by atoms with E-state index < -0.39 is 12.0 Å². The van der Waals surface area contributed by atoms with Crippen molar-refractivity contribution in [2.45, 2.75) is 70.6 Å². The zero-order chi connectivity index (χ0) is 18.4. The van der Waals surface area contributed by atoms with Crippen LogP contribution < -0.4 is 5.32 Å². The molecule has 0 atom stereocenters. The van der Waals surface area contributed by atoms with E-state index in [1.54, 1.807) is 11.7 Å². The van der Waals surface area contributed by atoms with E-state index in [9.17, 15) is 13.6 Å². The second-order valence-corrected chi connectivity index (χ2v) is 8.62. The van der Waals surface area contributed by atoms with E-state index in [1.165, 1.54) is 0 Å². The summed E-state index contributed by atoms with van der Waals surface area (Å²) in [5.41, 5.74) is 1.54. The third kappa shape index (κ3) is 3.96. The maximum Gasteiger partial charge on any atom is 0.412 e. The first-order valence-corrected chi connectivity index (χ1v) is 8.94. The molecule has 1 amide bonds. The van der Waals surface area contributed by atoms with E-state index in [1.807, 2.05) is 20.8 Å². The molecule has 5 nitrogen and oxygen atoms in total. The smallest absolute Gasteiger partial charge is 0.412 e. The minimum Gasteiger partial charge on any atom is -0.449 e. The van der Waals surface area contributed by atoms with Crippen molar-refractivity contribution in [3.63, 3.8) is 0 Å². The van der Waals surface area contributed by atoms with Crippen LogP contribution in [0.15, 0.2) is 0 Å². The van der Waals surface area contributed by atoms with Crippen LogP contribution in [0.2, 0.25) is 0 Å². The van der Waals surface area contributed by atoms with Crippen molar-refractivity contribution in [1.82, 2.24) is 9.78 Å². The molecule has 2 fully saturated rings. The molecule has 2 saturated carbocycles. The normalized spacial score (nSPS) is 20.7. The monoisotopic (exact) mass is 355 g/mol. The largest absolute Gasteiger partial charge is 0.449 e. The zero-order valence-corrected chi connectivity index (χ0v) is 15.4. The zero-order valence-electron chi connectivity index (χ0n) is 15.4. The van der Waals surface area contributed by atoms with Gasteiger partial charge in [-0.3, -0.25) is 10.00 Å². The van der Waals surface area contributed by atoms with E-state index in [0.717, 1.165) is 30.5 Å². The van der Waals surface area contributed by atoms with Crippen LogP contribution in [0.4, 0.5) is 19.4 Å². The summed E-state index contributed by atoms with van der Waals surface area (Å²) in [4.78, 5) is 12.2. The number of aryl methyl sites for hydroxylation is 1. The first-order chi connectivity index (χ1) is 11.6. The lowest BCUT2D eigenvalue weighted by molar-refractivity contribution is -0.0879. The highest BCUT2D eigenvalue weighted by Gasteiger charge is 2.49. The summed E-state index contributed by atoms with van der Waals surface area (Å²) in [6, 6.07) is 0. The van der Waals surface area contributed by atoms with Crippen molar-refractivity contribution in [1.29, 1.82) is 0 Å². The molecule has 1 heterocycles. The Morgan fingerprint density at radius 3 is 2.44 bits per heavy atom. The van der Waals surface area contributed by atoms with Gasteiger partial charge in [-0.15, -0.1) is 0 Å². The van der Waals surface area contributed by atoms with E-state index >= 15 is 0 Å². The molecule has 0 radical (unpaired) electrons. The maximum atomic E-state index is 13.3. The number of hydrogen-bond donors (Lipinski definition) is 1. The number of alkyl halides is 2. The van der Waals surface area contributed by atoms with Gasteiger partial charge in [0, 0.05) is 31.4 Å². The van der Waals surface area contributed by atoms with Crippen LogP contribution in [-0.4, -0.2) is 28.4 Å². The highest BCUT2D eigenvalue weighted by Crippen LogP contribution is 2.52.